The number of aliphatic hydroxyl groups excluding tert-OH is 1. The molecule has 1 fully saturated rings. The zero-order valence-corrected chi connectivity index (χ0v) is 15.0. The van der Waals surface area contributed by atoms with E-state index < -0.39 is 6.10 Å². The molecule has 0 spiro atoms. The van der Waals surface area contributed by atoms with Crippen molar-refractivity contribution in [1.29, 1.82) is 0 Å². The molecule has 19 heavy (non-hydrogen) atoms. The average molecular weight is 471 g/mol. The van der Waals surface area contributed by atoms with Crippen LogP contribution in [0, 0.1) is 44.1 Å². The van der Waals surface area contributed by atoms with Crippen molar-refractivity contribution in [3.8, 4) is 0 Å². The van der Waals surface area contributed by atoms with Crippen LogP contribution in [0.2, 0.25) is 0 Å². The van der Waals surface area contributed by atoms with Crippen LogP contribution in [0.3, 0.4) is 0 Å². The third-order valence-corrected chi connectivity index (χ3v) is 3.90. The molecule has 0 bridgehead atoms. The largest absolute Gasteiger partial charge is 0.387 e. The van der Waals surface area contributed by atoms with Crippen molar-refractivity contribution in [3.63, 3.8) is 0 Å². The molecule has 0 aromatic carbocycles. The van der Waals surface area contributed by atoms with E-state index in [0.717, 1.165) is 18.7 Å². The Labute approximate surface area is 145 Å². The van der Waals surface area contributed by atoms with E-state index in [0.29, 0.717) is 35.5 Å². The summed E-state index contributed by atoms with van der Waals surface area (Å²) in [4.78, 5) is 29.3. The molecule has 0 saturated carbocycles. The molecule has 2 heterocycles. The van der Waals surface area contributed by atoms with E-state index in [2.05, 4.69) is 4.98 Å². The third-order valence-electron chi connectivity index (χ3n) is 3.90. The molecule has 2 N–H and O–H groups in total. The maximum Gasteiger partial charge on any atom is 0.226 e. The number of aromatic nitrogens is 1. The number of aromatic amines is 1. The summed E-state index contributed by atoms with van der Waals surface area (Å²) in [5, 5.41) is 9.81. The van der Waals surface area contributed by atoms with Gasteiger partial charge in [0.15, 0.2) is 5.78 Å². The van der Waals surface area contributed by atoms with Crippen molar-refractivity contribution in [3.05, 3.63) is 34.3 Å². The van der Waals surface area contributed by atoms with E-state index >= 15 is 0 Å². The van der Waals surface area contributed by atoms with Gasteiger partial charge in [0.2, 0.25) is 5.78 Å². The minimum Gasteiger partial charge on any atom is -0.387 e. The average Bonchev–Trinajstić information content (AvgIpc) is 3.01. The first kappa shape index (κ1) is 13.5. The van der Waals surface area contributed by atoms with E-state index in [1.165, 1.54) is 6.08 Å². The summed E-state index contributed by atoms with van der Waals surface area (Å²) in [5.41, 5.74) is 2.83. The Bertz CT molecular complexity index is 628. The number of H-pyrrole nitrogens is 1. The first-order valence-corrected chi connectivity index (χ1v) is 6.15. The zero-order chi connectivity index (χ0) is 12.4. The van der Waals surface area contributed by atoms with Gasteiger partial charge >= 0.3 is 0 Å². The molecule has 4 rings (SSSR count). The molecule has 0 amide bonds. The van der Waals surface area contributed by atoms with E-state index in [-0.39, 0.29) is 55.6 Å². The fourth-order valence-electron chi connectivity index (χ4n) is 2.89. The molecule has 1 radical (unpaired) electrons. The summed E-state index contributed by atoms with van der Waals surface area (Å²) in [6.07, 6.45) is 2.15. The molecule has 1 unspecified atom stereocenters. The molecule has 5 nitrogen and oxygen atoms in total. The number of hydrogen-bond donors (Lipinski definition) is 2. The van der Waals surface area contributed by atoms with Gasteiger partial charge in [0.1, 0.15) is 5.69 Å². The molecule has 6 heteroatoms. The molecule has 1 saturated heterocycles. The molecule has 1 aromatic heterocycles. The Hall–Kier alpha value is -0.438. The van der Waals surface area contributed by atoms with Crippen LogP contribution >= 0.6 is 0 Å². The second-order valence-corrected chi connectivity index (χ2v) is 5.03. The second kappa shape index (κ2) is 4.54. The Morgan fingerprint density at radius 2 is 2.05 bits per heavy atom. The van der Waals surface area contributed by atoms with Gasteiger partial charge in [0.25, 0.3) is 0 Å². The molecule has 1 atom stereocenters. The van der Waals surface area contributed by atoms with Gasteiger partial charge in [-0.05, 0) is 18.4 Å². The Kier molecular flexibility index (Phi) is 3.24. The Morgan fingerprint density at radius 3 is 2.74 bits per heavy atom. The first-order chi connectivity index (χ1) is 8.66. The smallest absolute Gasteiger partial charge is 0.226 e. The monoisotopic (exact) mass is 471 g/mol. The van der Waals surface area contributed by atoms with E-state index in [4.69, 9.17) is 0 Å². The number of fused-ring (bicyclic) bond motifs is 3. The fraction of sp³-hybridized carbons (Fsp3) is 0.385. The van der Waals surface area contributed by atoms with Crippen LogP contribution in [-0.4, -0.2) is 39.6 Å². The minimum absolute atomic E-state index is 0. The number of ketones is 2. The van der Waals surface area contributed by atoms with Crippen LogP contribution in [0.4, 0.5) is 0 Å². The molecule has 95 valence electrons. The number of allylic oxidation sites excluding steroid dienone is 2. The van der Waals surface area contributed by atoms with Gasteiger partial charge in [-0.1, -0.05) is 0 Å². The van der Waals surface area contributed by atoms with Crippen molar-refractivity contribution in [2.45, 2.75) is 18.9 Å². The Balaban J connectivity index is 0.00000110. The molecular formula is C13H12AcN2O3. The number of hydrogen-bond acceptors (Lipinski definition) is 4. The third kappa shape index (κ3) is 1.88. The van der Waals surface area contributed by atoms with Gasteiger partial charge in [-0.2, -0.15) is 0 Å². The standard InChI is InChI=1S/C13H12N2O3.Ac/c16-8-2-1-6-10-9(17)5-7(15-3-4-15)13(18)12(10)14-11(6)8;/h5,8,14,16H,1-4H2;. The van der Waals surface area contributed by atoms with Crippen molar-refractivity contribution in [2.75, 3.05) is 13.1 Å². The van der Waals surface area contributed by atoms with Crippen LogP contribution in [0.1, 0.15) is 44.6 Å². The van der Waals surface area contributed by atoms with Gasteiger partial charge in [0.05, 0.1) is 17.4 Å². The van der Waals surface area contributed by atoms with Gasteiger partial charge in [0, 0.05) is 68.9 Å². The number of carbonyl (C=O) groups excluding carboxylic acids is 2. The summed E-state index contributed by atoms with van der Waals surface area (Å²) in [7, 11) is 0. The summed E-state index contributed by atoms with van der Waals surface area (Å²) >= 11 is 0. The number of carbonyl (C=O) groups is 2. The number of rotatable bonds is 1. The van der Waals surface area contributed by atoms with Crippen LogP contribution < -0.4 is 0 Å². The fourth-order valence-corrected chi connectivity index (χ4v) is 2.89. The molecule has 1 aromatic rings. The van der Waals surface area contributed by atoms with Crippen molar-refractivity contribution in [2.24, 2.45) is 0 Å². The van der Waals surface area contributed by atoms with Crippen LogP contribution in [-0.2, 0) is 6.42 Å². The SMILES string of the molecule is O=C1C(N2CC2)=CC(=O)c2c1[nH]c1c2CCC1O.[Ac]. The number of Topliss-reactive ketones (excluding diaryl/α,β-unsaturated/α-hetero) is 1. The molecule has 3 aliphatic rings. The number of nitrogens with zero attached hydrogens (tertiary/aromatic N) is 1. The summed E-state index contributed by atoms with van der Waals surface area (Å²) in [6, 6.07) is 0. The van der Waals surface area contributed by atoms with Crippen LogP contribution in [0.15, 0.2) is 11.8 Å². The summed E-state index contributed by atoms with van der Waals surface area (Å²) in [5.74, 6) is -0.234. The Morgan fingerprint density at radius 1 is 1.32 bits per heavy atom. The number of aliphatic hydroxyl groups is 1. The van der Waals surface area contributed by atoms with Crippen LogP contribution in [0.5, 0.6) is 0 Å². The topological polar surface area (TPSA) is 73.2 Å². The number of nitrogens with one attached hydrogen (secondary N) is 1. The van der Waals surface area contributed by atoms with E-state index in [9.17, 15) is 14.7 Å². The van der Waals surface area contributed by atoms with Gasteiger partial charge in [-0.3, -0.25) is 9.59 Å². The van der Waals surface area contributed by atoms with Gasteiger partial charge < -0.3 is 15.0 Å². The van der Waals surface area contributed by atoms with Gasteiger partial charge in [-0.25, -0.2) is 0 Å². The summed E-state index contributed by atoms with van der Waals surface area (Å²) in [6.45, 7) is 1.67. The molecule has 2 aliphatic carbocycles. The maximum absolute atomic E-state index is 12.3. The quantitative estimate of drug-likeness (QED) is 0.588. The maximum atomic E-state index is 12.3. The molecular weight excluding hydrogens is 459 g/mol. The van der Waals surface area contributed by atoms with Crippen molar-refractivity contribution in [1.82, 2.24) is 9.88 Å². The van der Waals surface area contributed by atoms with Crippen molar-refractivity contribution >= 4 is 11.6 Å². The second-order valence-electron chi connectivity index (χ2n) is 5.03. The minimum atomic E-state index is -0.573. The predicted octanol–water partition coefficient (Wildman–Crippen LogP) is 0.573. The van der Waals surface area contributed by atoms with E-state index in [1.54, 1.807) is 0 Å². The van der Waals surface area contributed by atoms with E-state index in [1.807, 2.05) is 4.90 Å². The zero-order valence-electron chi connectivity index (χ0n) is 10.3. The normalized spacial score (nSPS) is 23.7. The van der Waals surface area contributed by atoms with Crippen molar-refractivity contribution < 1.29 is 58.8 Å². The van der Waals surface area contributed by atoms with Crippen LogP contribution in [0.25, 0.3) is 0 Å². The first-order valence-electron chi connectivity index (χ1n) is 6.15. The predicted molar refractivity (Wildman–Crippen MR) is 62.4 cm³/mol. The van der Waals surface area contributed by atoms with Gasteiger partial charge in [-0.15, -0.1) is 0 Å². The molecule has 1 aliphatic heterocycles. The summed E-state index contributed by atoms with van der Waals surface area (Å²) < 4.78 is 0.